The molecular formula is C17H14N4O. The maximum absolute atomic E-state index is 12.3. The van der Waals surface area contributed by atoms with Crippen molar-refractivity contribution in [2.75, 3.05) is 5.32 Å². The zero-order valence-corrected chi connectivity index (χ0v) is 12.0. The highest BCUT2D eigenvalue weighted by Crippen LogP contribution is 2.16. The third-order valence-corrected chi connectivity index (χ3v) is 3.23. The number of hydrogen-bond donors (Lipinski definition) is 1. The van der Waals surface area contributed by atoms with Gasteiger partial charge in [0.25, 0.3) is 5.91 Å². The van der Waals surface area contributed by atoms with Gasteiger partial charge in [-0.2, -0.15) is 0 Å². The number of anilines is 1. The number of benzene rings is 1. The number of nitrogens with zero attached hydrogens (tertiary/aromatic N) is 3. The van der Waals surface area contributed by atoms with Crippen LogP contribution in [0, 0.1) is 6.92 Å². The maximum atomic E-state index is 12.3. The van der Waals surface area contributed by atoms with Crippen LogP contribution in [0.15, 0.2) is 61.1 Å². The molecule has 5 nitrogen and oxygen atoms in total. The van der Waals surface area contributed by atoms with Gasteiger partial charge in [0, 0.05) is 29.7 Å². The van der Waals surface area contributed by atoms with Gasteiger partial charge in [-0.3, -0.25) is 9.78 Å². The molecule has 0 unspecified atom stereocenters. The molecule has 3 rings (SSSR count). The minimum Gasteiger partial charge on any atom is -0.306 e. The molecule has 0 aliphatic rings. The Morgan fingerprint density at radius 1 is 1.00 bits per heavy atom. The van der Waals surface area contributed by atoms with Crippen molar-refractivity contribution in [3.05, 3.63) is 72.2 Å². The summed E-state index contributed by atoms with van der Waals surface area (Å²) in [4.78, 5) is 24.9. The molecule has 2 aromatic heterocycles. The monoisotopic (exact) mass is 290 g/mol. The van der Waals surface area contributed by atoms with Crippen molar-refractivity contribution >= 4 is 11.7 Å². The summed E-state index contributed by atoms with van der Waals surface area (Å²) in [7, 11) is 0. The van der Waals surface area contributed by atoms with Crippen molar-refractivity contribution in [1.29, 1.82) is 0 Å². The maximum Gasteiger partial charge on any atom is 0.257 e. The van der Waals surface area contributed by atoms with Crippen LogP contribution in [0.4, 0.5) is 5.82 Å². The summed E-state index contributed by atoms with van der Waals surface area (Å²) in [6.07, 6.45) is 4.98. The predicted molar refractivity (Wildman–Crippen MR) is 84.4 cm³/mol. The van der Waals surface area contributed by atoms with Crippen LogP contribution in [-0.2, 0) is 0 Å². The number of aromatic nitrogens is 3. The molecule has 0 atom stereocenters. The van der Waals surface area contributed by atoms with Crippen LogP contribution in [0.25, 0.3) is 11.4 Å². The highest BCUT2D eigenvalue weighted by molar-refractivity contribution is 6.04. The third-order valence-electron chi connectivity index (χ3n) is 3.23. The van der Waals surface area contributed by atoms with E-state index in [2.05, 4.69) is 20.3 Å². The molecule has 0 bridgehead atoms. The molecule has 0 aliphatic heterocycles. The molecule has 108 valence electrons. The van der Waals surface area contributed by atoms with E-state index in [1.54, 1.807) is 30.7 Å². The summed E-state index contributed by atoms with van der Waals surface area (Å²) in [6.45, 7) is 1.90. The average Bonchev–Trinajstić information content (AvgIpc) is 2.56. The number of hydrogen-bond acceptors (Lipinski definition) is 4. The van der Waals surface area contributed by atoms with Gasteiger partial charge >= 0.3 is 0 Å². The van der Waals surface area contributed by atoms with Crippen LogP contribution < -0.4 is 5.32 Å². The minimum absolute atomic E-state index is 0.183. The van der Waals surface area contributed by atoms with E-state index >= 15 is 0 Å². The van der Waals surface area contributed by atoms with Gasteiger partial charge in [-0.15, -0.1) is 0 Å². The summed E-state index contributed by atoms with van der Waals surface area (Å²) in [6, 6.07) is 12.7. The number of nitrogens with one attached hydrogen (secondary N) is 1. The molecule has 1 aromatic carbocycles. The Bertz CT molecular complexity index is 803. The predicted octanol–water partition coefficient (Wildman–Crippen LogP) is 3.10. The number of rotatable bonds is 3. The highest BCUT2D eigenvalue weighted by atomic mass is 16.1. The fourth-order valence-corrected chi connectivity index (χ4v) is 2.08. The van der Waals surface area contributed by atoms with Gasteiger partial charge in [0.05, 0.1) is 0 Å². The smallest absolute Gasteiger partial charge is 0.257 e. The van der Waals surface area contributed by atoms with E-state index in [-0.39, 0.29) is 5.91 Å². The molecule has 1 N–H and O–H groups in total. The molecule has 0 fully saturated rings. The molecule has 1 amide bonds. The molecule has 0 spiro atoms. The van der Waals surface area contributed by atoms with E-state index in [0.29, 0.717) is 17.2 Å². The lowest BCUT2D eigenvalue weighted by atomic mass is 10.1. The van der Waals surface area contributed by atoms with E-state index in [1.165, 1.54) is 0 Å². The summed E-state index contributed by atoms with van der Waals surface area (Å²) in [5.41, 5.74) is 2.40. The largest absolute Gasteiger partial charge is 0.306 e. The van der Waals surface area contributed by atoms with Crippen LogP contribution >= 0.6 is 0 Å². The van der Waals surface area contributed by atoms with Crippen LogP contribution in [0.3, 0.4) is 0 Å². The van der Waals surface area contributed by atoms with E-state index in [4.69, 9.17) is 0 Å². The minimum atomic E-state index is -0.183. The van der Waals surface area contributed by atoms with E-state index < -0.39 is 0 Å². The van der Waals surface area contributed by atoms with Gasteiger partial charge in [-0.25, -0.2) is 9.97 Å². The fraction of sp³-hybridized carbons (Fsp3) is 0.0588. The van der Waals surface area contributed by atoms with Gasteiger partial charge in [-0.1, -0.05) is 18.2 Å². The van der Waals surface area contributed by atoms with E-state index in [9.17, 15) is 4.79 Å². The van der Waals surface area contributed by atoms with Crippen molar-refractivity contribution in [3.63, 3.8) is 0 Å². The summed E-state index contributed by atoms with van der Waals surface area (Å²) in [5.74, 6) is 0.831. The Morgan fingerprint density at radius 3 is 2.55 bits per heavy atom. The zero-order valence-electron chi connectivity index (χ0n) is 12.0. The van der Waals surface area contributed by atoms with Crippen molar-refractivity contribution in [3.8, 4) is 11.4 Å². The van der Waals surface area contributed by atoms with Gasteiger partial charge in [-0.05, 0) is 36.8 Å². The van der Waals surface area contributed by atoms with Crippen molar-refractivity contribution in [2.24, 2.45) is 0 Å². The SMILES string of the molecule is Cc1ccccc1C(=O)Nc1ccnc(-c2ccncc2)n1. The second-order valence-electron chi connectivity index (χ2n) is 4.77. The lowest BCUT2D eigenvalue weighted by Gasteiger charge is -2.07. The van der Waals surface area contributed by atoms with Crippen molar-refractivity contribution in [2.45, 2.75) is 6.92 Å². The topological polar surface area (TPSA) is 67.8 Å². The quantitative estimate of drug-likeness (QED) is 0.804. The number of amides is 1. The number of carbonyl (C=O) groups excluding carboxylic acids is 1. The Kier molecular flexibility index (Phi) is 3.87. The van der Waals surface area contributed by atoms with Gasteiger partial charge in [0.1, 0.15) is 5.82 Å². The van der Waals surface area contributed by atoms with Gasteiger partial charge < -0.3 is 5.32 Å². The lowest BCUT2D eigenvalue weighted by molar-refractivity contribution is 0.102. The van der Waals surface area contributed by atoms with Gasteiger partial charge in [0.2, 0.25) is 0 Å². The van der Waals surface area contributed by atoms with E-state index in [0.717, 1.165) is 11.1 Å². The summed E-state index contributed by atoms with van der Waals surface area (Å²) < 4.78 is 0. The first kappa shape index (κ1) is 13.9. The average molecular weight is 290 g/mol. The molecular weight excluding hydrogens is 276 g/mol. The number of carbonyl (C=O) groups is 1. The van der Waals surface area contributed by atoms with Crippen LogP contribution in [0.5, 0.6) is 0 Å². The Morgan fingerprint density at radius 2 is 1.77 bits per heavy atom. The molecule has 0 saturated heterocycles. The molecule has 0 aliphatic carbocycles. The zero-order chi connectivity index (χ0) is 15.4. The normalized spacial score (nSPS) is 10.2. The summed E-state index contributed by atoms with van der Waals surface area (Å²) >= 11 is 0. The fourth-order valence-electron chi connectivity index (χ4n) is 2.08. The lowest BCUT2D eigenvalue weighted by Crippen LogP contribution is -2.14. The molecule has 5 heteroatoms. The molecule has 0 saturated carbocycles. The molecule has 0 radical (unpaired) electrons. The third kappa shape index (κ3) is 2.98. The Hall–Kier alpha value is -3.08. The second kappa shape index (κ2) is 6.13. The van der Waals surface area contributed by atoms with Crippen LogP contribution in [0.1, 0.15) is 15.9 Å². The first-order chi connectivity index (χ1) is 10.7. The number of aryl methyl sites for hydroxylation is 1. The van der Waals surface area contributed by atoms with Gasteiger partial charge in [0.15, 0.2) is 5.82 Å². The van der Waals surface area contributed by atoms with Crippen LogP contribution in [-0.4, -0.2) is 20.9 Å². The number of pyridine rings is 1. The van der Waals surface area contributed by atoms with Crippen LogP contribution in [0.2, 0.25) is 0 Å². The first-order valence-electron chi connectivity index (χ1n) is 6.84. The molecule has 3 aromatic rings. The first-order valence-corrected chi connectivity index (χ1v) is 6.84. The molecule has 22 heavy (non-hydrogen) atoms. The Balaban J connectivity index is 1.85. The summed E-state index contributed by atoms with van der Waals surface area (Å²) in [5, 5.41) is 2.80. The molecule has 2 heterocycles. The second-order valence-corrected chi connectivity index (χ2v) is 4.77. The standard InChI is InChI=1S/C17H14N4O/c1-12-4-2-3-5-14(12)17(22)21-15-8-11-19-16(20-15)13-6-9-18-10-7-13/h2-11H,1H3,(H,19,20,21,22). The van der Waals surface area contributed by atoms with Crippen molar-refractivity contribution < 1.29 is 4.79 Å². The van der Waals surface area contributed by atoms with E-state index in [1.807, 2.05) is 37.3 Å². The van der Waals surface area contributed by atoms with Crippen molar-refractivity contribution in [1.82, 2.24) is 15.0 Å². The Labute approximate surface area is 128 Å². The highest BCUT2D eigenvalue weighted by Gasteiger charge is 2.10.